The van der Waals surface area contributed by atoms with Crippen molar-refractivity contribution in [2.24, 2.45) is 0 Å². The third kappa shape index (κ3) is 4.17. The van der Waals surface area contributed by atoms with Gasteiger partial charge in [0.05, 0.1) is 13.2 Å². The van der Waals surface area contributed by atoms with Gasteiger partial charge in [-0.3, -0.25) is 9.59 Å². The molecule has 0 aliphatic carbocycles. The maximum absolute atomic E-state index is 12.5. The summed E-state index contributed by atoms with van der Waals surface area (Å²) in [6.07, 6.45) is 0.740. The van der Waals surface area contributed by atoms with Crippen LogP contribution in [0.25, 0.3) is 10.8 Å². The first-order valence-electron chi connectivity index (χ1n) is 8.67. The number of benzene rings is 2. The number of rotatable bonds is 4. The zero-order valence-electron chi connectivity index (χ0n) is 14.7. The summed E-state index contributed by atoms with van der Waals surface area (Å²) < 4.78 is 5.38. The predicted molar refractivity (Wildman–Crippen MR) is 97.3 cm³/mol. The van der Waals surface area contributed by atoms with E-state index in [0.29, 0.717) is 13.2 Å². The van der Waals surface area contributed by atoms with Crippen molar-refractivity contribution < 1.29 is 14.3 Å². The van der Waals surface area contributed by atoms with Crippen molar-refractivity contribution in [3.8, 4) is 0 Å². The average Bonchev–Trinajstić information content (AvgIpc) is 2.61. The number of carbonyl (C=O) groups is 2. The van der Waals surface area contributed by atoms with Gasteiger partial charge in [-0.1, -0.05) is 42.5 Å². The molecule has 1 fully saturated rings. The third-order valence-electron chi connectivity index (χ3n) is 4.58. The van der Waals surface area contributed by atoms with Crippen LogP contribution in [-0.4, -0.2) is 48.6 Å². The number of ether oxygens (including phenoxy) is 1. The Labute approximate surface area is 148 Å². The second-order valence-electron chi connectivity index (χ2n) is 6.60. The summed E-state index contributed by atoms with van der Waals surface area (Å²) in [4.78, 5) is 25.8. The highest BCUT2D eigenvalue weighted by atomic mass is 16.5. The third-order valence-corrected chi connectivity index (χ3v) is 4.58. The van der Waals surface area contributed by atoms with Gasteiger partial charge >= 0.3 is 0 Å². The largest absolute Gasteiger partial charge is 0.377 e. The Hall–Kier alpha value is -2.40. The lowest BCUT2D eigenvalue weighted by molar-refractivity contribution is -0.147. The molecule has 0 saturated carbocycles. The SMILES string of the molecule is CC(=O)N1CCOC[C@H]1C(=O)N[C@H](C)Cc1ccc2ccccc2c1. The van der Waals surface area contributed by atoms with E-state index in [9.17, 15) is 9.59 Å². The van der Waals surface area contributed by atoms with E-state index in [4.69, 9.17) is 4.74 Å². The van der Waals surface area contributed by atoms with Crippen LogP contribution in [0.2, 0.25) is 0 Å². The molecule has 5 heteroatoms. The van der Waals surface area contributed by atoms with Gasteiger partial charge in [0.2, 0.25) is 11.8 Å². The second-order valence-corrected chi connectivity index (χ2v) is 6.60. The molecule has 0 aromatic heterocycles. The van der Waals surface area contributed by atoms with E-state index in [0.717, 1.165) is 6.42 Å². The van der Waals surface area contributed by atoms with E-state index in [-0.39, 0.29) is 24.5 Å². The van der Waals surface area contributed by atoms with Gasteiger partial charge in [0.15, 0.2) is 0 Å². The molecule has 0 radical (unpaired) electrons. The van der Waals surface area contributed by atoms with Crippen LogP contribution in [-0.2, 0) is 20.7 Å². The van der Waals surface area contributed by atoms with Gasteiger partial charge in [-0.2, -0.15) is 0 Å². The molecule has 132 valence electrons. The van der Waals surface area contributed by atoms with Gasteiger partial charge in [-0.25, -0.2) is 0 Å². The number of morpholine rings is 1. The monoisotopic (exact) mass is 340 g/mol. The van der Waals surface area contributed by atoms with E-state index in [1.54, 1.807) is 4.90 Å². The minimum atomic E-state index is -0.537. The first-order chi connectivity index (χ1) is 12.0. The van der Waals surface area contributed by atoms with Crippen molar-refractivity contribution in [3.05, 3.63) is 48.0 Å². The van der Waals surface area contributed by atoms with Gasteiger partial charge in [0, 0.05) is 19.5 Å². The lowest BCUT2D eigenvalue weighted by atomic mass is 10.0. The molecule has 2 aromatic carbocycles. The Morgan fingerprint density at radius 3 is 2.76 bits per heavy atom. The Morgan fingerprint density at radius 2 is 2.00 bits per heavy atom. The Kier molecular flexibility index (Phi) is 5.34. The minimum absolute atomic E-state index is 0.0237. The van der Waals surface area contributed by atoms with E-state index < -0.39 is 6.04 Å². The fourth-order valence-electron chi connectivity index (χ4n) is 3.31. The Balaban J connectivity index is 1.63. The molecule has 1 N–H and O–H groups in total. The van der Waals surface area contributed by atoms with Crippen LogP contribution < -0.4 is 5.32 Å². The van der Waals surface area contributed by atoms with Gasteiger partial charge in [-0.15, -0.1) is 0 Å². The normalized spacial score (nSPS) is 18.8. The van der Waals surface area contributed by atoms with E-state index in [2.05, 4.69) is 35.6 Å². The highest BCUT2D eigenvalue weighted by molar-refractivity contribution is 5.87. The van der Waals surface area contributed by atoms with Gasteiger partial charge < -0.3 is 15.0 Å². The fourth-order valence-corrected chi connectivity index (χ4v) is 3.31. The van der Waals surface area contributed by atoms with Crippen molar-refractivity contribution in [1.29, 1.82) is 0 Å². The molecular weight excluding hydrogens is 316 g/mol. The molecule has 3 rings (SSSR count). The lowest BCUT2D eigenvalue weighted by Crippen LogP contribution is -2.56. The fraction of sp³-hybridized carbons (Fsp3) is 0.400. The van der Waals surface area contributed by atoms with E-state index in [1.807, 2.05) is 19.1 Å². The Morgan fingerprint density at radius 1 is 1.24 bits per heavy atom. The minimum Gasteiger partial charge on any atom is -0.377 e. The summed E-state index contributed by atoms with van der Waals surface area (Å²) in [6.45, 7) is 4.68. The quantitative estimate of drug-likeness (QED) is 0.928. The number of nitrogens with zero attached hydrogens (tertiary/aromatic N) is 1. The van der Waals surface area contributed by atoms with Crippen LogP contribution in [0.1, 0.15) is 19.4 Å². The van der Waals surface area contributed by atoms with E-state index in [1.165, 1.54) is 23.3 Å². The van der Waals surface area contributed by atoms with Crippen molar-refractivity contribution in [2.75, 3.05) is 19.8 Å². The van der Waals surface area contributed by atoms with Crippen LogP contribution in [0.5, 0.6) is 0 Å². The molecule has 1 heterocycles. The molecule has 2 amide bonds. The molecule has 2 aromatic rings. The number of amides is 2. The maximum Gasteiger partial charge on any atom is 0.245 e. The van der Waals surface area contributed by atoms with Crippen molar-refractivity contribution in [3.63, 3.8) is 0 Å². The standard InChI is InChI=1S/C20H24N2O3/c1-14(11-16-7-8-17-5-3-4-6-18(17)12-16)21-20(24)19-13-25-10-9-22(19)15(2)23/h3-8,12,14,19H,9-11,13H2,1-2H3,(H,21,24)/t14-,19+/m1/s1. The van der Waals surface area contributed by atoms with Crippen LogP contribution >= 0.6 is 0 Å². The molecular formula is C20H24N2O3. The molecule has 5 nitrogen and oxygen atoms in total. The number of carbonyl (C=O) groups excluding carboxylic acids is 2. The average molecular weight is 340 g/mol. The summed E-state index contributed by atoms with van der Waals surface area (Å²) in [7, 11) is 0. The summed E-state index contributed by atoms with van der Waals surface area (Å²) in [6, 6.07) is 14.0. The number of hydrogen-bond donors (Lipinski definition) is 1. The van der Waals surface area contributed by atoms with Crippen molar-refractivity contribution in [1.82, 2.24) is 10.2 Å². The summed E-state index contributed by atoms with van der Waals surface area (Å²) in [5, 5.41) is 5.42. The summed E-state index contributed by atoms with van der Waals surface area (Å²) >= 11 is 0. The first kappa shape index (κ1) is 17.4. The Bertz CT molecular complexity index is 774. The van der Waals surface area contributed by atoms with Crippen LogP contribution in [0.15, 0.2) is 42.5 Å². The lowest BCUT2D eigenvalue weighted by Gasteiger charge is -2.34. The molecule has 1 aliphatic heterocycles. The molecule has 25 heavy (non-hydrogen) atoms. The van der Waals surface area contributed by atoms with Gasteiger partial charge in [0.1, 0.15) is 6.04 Å². The van der Waals surface area contributed by atoms with Gasteiger partial charge in [-0.05, 0) is 29.7 Å². The zero-order chi connectivity index (χ0) is 17.8. The number of hydrogen-bond acceptors (Lipinski definition) is 3. The molecule has 0 bridgehead atoms. The molecule has 2 atom stereocenters. The topological polar surface area (TPSA) is 58.6 Å². The smallest absolute Gasteiger partial charge is 0.245 e. The van der Waals surface area contributed by atoms with Crippen molar-refractivity contribution >= 4 is 22.6 Å². The highest BCUT2D eigenvalue weighted by Gasteiger charge is 2.31. The van der Waals surface area contributed by atoms with Crippen molar-refractivity contribution in [2.45, 2.75) is 32.4 Å². The molecule has 0 unspecified atom stereocenters. The van der Waals surface area contributed by atoms with Crippen LogP contribution in [0.4, 0.5) is 0 Å². The van der Waals surface area contributed by atoms with Gasteiger partial charge in [0.25, 0.3) is 0 Å². The molecule has 1 saturated heterocycles. The first-order valence-corrected chi connectivity index (χ1v) is 8.67. The number of nitrogens with one attached hydrogen (secondary N) is 1. The maximum atomic E-state index is 12.5. The molecule has 1 aliphatic rings. The second kappa shape index (κ2) is 7.66. The molecule has 0 spiro atoms. The van der Waals surface area contributed by atoms with E-state index >= 15 is 0 Å². The summed E-state index contributed by atoms with van der Waals surface area (Å²) in [5.41, 5.74) is 1.18. The highest BCUT2D eigenvalue weighted by Crippen LogP contribution is 2.17. The number of fused-ring (bicyclic) bond motifs is 1. The zero-order valence-corrected chi connectivity index (χ0v) is 14.7. The summed E-state index contributed by atoms with van der Waals surface area (Å²) in [5.74, 6) is -0.242. The predicted octanol–water partition coefficient (Wildman–Crippen LogP) is 2.13. The van der Waals surface area contributed by atoms with Crippen LogP contribution in [0.3, 0.4) is 0 Å². The van der Waals surface area contributed by atoms with Crippen LogP contribution in [0, 0.1) is 0 Å².